The Balaban J connectivity index is 2.32. The van der Waals surface area contributed by atoms with E-state index in [9.17, 15) is 0 Å². The number of hydrogen-bond donors (Lipinski definition) is 0. The van der Waals surface area contributed by atoms with Crippen molar-refractivity contribution in [2.75, 3.05) is 6.67 Å². The van der Waals surface area contributed by atoms with E-state index in [1.807, 2.05) is 0 Å². The van der Waals surface area contributed by atoms with E-state index >= 15 is 0 Å². The normalized spacial score (nSPS) is 25.3. The molecule has 0 N–H and O–H groups in total. The molecule has 6 heavy (non-hydrogen) atoms. The van der Waals surface area contributed by atoms with Crippen LogP contribution in [0, 0.1) is 45.5 Å². The molecule has 0 aliphatic carbocycles. The van der Waals surface area contributed by atoms with E-state index in [0.717, 1.165) is 0 Å². The Morgan fingerprint density at radius 2 is 1.83 bits per heavy atom. The van der Waals surface area contributed by atoms with Crippen molar-refractivity contribution in [1.82, 2.24) is -0.309 Å². The third kappa shape index (κ3) is 0.391. The van der Waals surface area contributed by atoms with Crippen LogP contribution in [-0.4, -0.2) is 6.36 Å². The predicted molar refractivity (Wildman–Crippen MR) is 17.7 cm³/mol. The van der Waals surface area contributed by atoms with Crippen LogP contribution in [0.3, 0.4) is 0 Å². The summed E-state index contributed by atoms with van der Waals surface area (Å²) in [4.78, 5) is 0. The number of hydrogen-bond acceptors (Lipinski definition) is 2. The molecule has 2 nitrogen and oxygen atoms in total. The Hall–Kier alpha value is 0.924. The van der Waals surface area contributed by atoms with Crippen LogP contribution in [-0.2, 0) is 0 Å². The second-order valence-corrected chi connectivity index (χ2v) is 4.59. The van der Waals surface area contributed by atoms with Crippen molar-refractivity contribution in [1.29, 1.82) is 0 Å². The van der Waals surface area contributed by atoms with Gasteiger partial charge in [-0.1, -0.05) is 0 Å². The van der Waals surface area contributed by atoms with Gasteiger partial charge in [0.15, 0.2) is 0 Å². The Kier molecular flexibility index (Phi) is 0.777. The quantitative estimate of drug-likeness (QED) is 0.565. The van der Waals surface area contributed by atoms with Crippen LogP contribution >= 0.6 is 0 Å². The Labute approximate surface area is 63.1 Å². The fourth-order valence-electron chi connectivity index (χ4n) is 0.539. The van der Waals surface area contributed by atoms with Crippen LogP contribution in [0.2, 0.25) is 0 Å². The van der Waals surface area contributed by atoms with Crippen LogP contribution in [0.1, 0.15) is 0 Å². The summed E-state index contributed by atoms with van der Waals surface area (Å²) >= 11 is 0.0185. The molecular weight excluding hydrogens is 216 g/mol. The second kappa shape index (κ2) is 1.20. The van der Waals surface area contributed by atoms with Gasteiger partial charge in [0.05, 0.1) is 0 Å². The third-order valence-corrected chi connectivity index (χ3v) is 3.51. The molecule has 3 aliphatic heterocycles. The first kappa shape index (κ1) is 3.87. The zero-order valence-corrected chi connectivity index (χ0v) is 5.56. The molecule has 3 rings (SSSR count). The van der Waals surface area contributed by atoms with E-state index in [1.165, 1.54) is 6.67 Å². The van der Waals surface area contributed by atoms with Crippen molar-refractivity contribution >= 4 is 0 Å². The molecule has 3 heterocycles. The Morgan fingerprint density at radius 1 is 1.33 bits per heavy atom. The van der Waals surface area contributed by atoms with Gasteiger partial charge in [-0.3, -0.25) is 0 Å². The molecule has 0 aromatic rings. The van der Waals surface area contributed by atoms with Crippen LogP contribution < -0.4 is 0 Å². The van der Waals surface area contributed by atoms with Crippen molar-refractivity contribution in [3.05, 3.63) is 12.4 Å². The fraction of sp³-hybridized carbons (Fsp3) is 0.333. The molecule has 0 spiro atoms. The van der Waals surface area contributed by atoms with Gasteiger partial charge in [-0.15, -0.1) is 0 Å². The van der Waals surface area contributed by atoms with Gasteiger partial charge < -0.3 is 0 Å². The summed E-state index contributed by atoms with van der Waals surface area (Å²) in [5, 5.41) is 0. The van der Waals surface area contributed by atoms with Gasteiger partial charge in [0.2, 0.25) is 0 Å². The Bertz CT molecular complexity index is 85.0. The zero-order valence-electron chi connectivity index (χ0n) is 3.13. The molecule has 1 fully saturated rings. The summed E-state index contributed by atoms with van der Waals surface area (Å²) in [5.74, 6) is 0. The average molecular weight is 220 g/mol. The van der Waals surface area contributed by atoms with Crippen molar-refractivity contribution in [2.24, 2.45) is 0 Å². The molecule has 3 heteroatoms. The summed E-state index contributed by atoms with van der Waals surface area (Å²) in [5.41, 5.74) is 0. The van der Waals surface area contributed by atoms with Crippen molar-refractivity contribution in [2.45, 2.75) is 0 Å². The summed E-state index contributed by atoms with van der Waals surface area (Å²) in [6, 6.07) is 0. The maximum absolute atomic E-state index is 2.40. The average Bonchev–Trinajstić information content (AvgIpc) is 1.72. The molecular formula is C3H4EuN2. The SMILES string of the molecule is C1=C[N]2C[N]1[Eu]2. The van der Waals surface area contributed by atoms with Gasteiger partial charge in [-0.2, -0.15) is 0 Å². The van der Waals surface area contributed by atoms with Gasteiger partial charge in [-0.25, -0.2) is 0 Å². The molecule has 1 saturated heterocycles. The molecule has 0 unspecified atom stereocenters. The van der Waals surface area contributed by atoms with Gasteiger partial charge in [0, 0.05) is 0 Å². The first-order valence-electron chi connectivity index (χ1n) is 1.82. The first-order chi connectivity index (χ1) is 2.95. The summed E-state index contributed by atoms with van der Waals surface area (Å²) in [6.07, 6.45) is 4.36. The molecule has 33 valence electrons. The predicted octanol–water partition coefficient (Wildman–Crippen LogP) is -0.0387. The van der Waals surface area contributed by atoms with Gasteiger partial charge in [0.25, 0.3) is 0 Å². The van der Waals surface area contributed by atoms with Gasteiger partial charge >= 0.3 is 64.3 Å². The minimum absolute atomic E-state index is 0.0185. The van der Waals surface area contributed by atoms with E-state index in [2.05, 4.69) is 12.1 Å². The van der Waals surface area contributed by atoms with E-state index in [0.29, 0.717) is 0 Å². The van der Waals surface area contributed by atoms with Gasteiger partial charge in [-0.05, 0) is 0 Å². The van der Waals surface area contributed by atoms with Gasteiger partial charge in [0.1, 0.15) is 0 Å². The van der Waals surface area contributed by atoms with Crippen LogP contribution in [0.25, 0.3) is 0 Å². The van der Waals surface area contributed by atoms with Crippen LogP contribution in [0.15, 0.2) is 12.4 Å². The van der Waals surface area contributed by atoms with Crippen molar-refractivity contribution < 1.29 is 45.5 Å². The monoisotopic (exact) mass is 221 g/mol. The molecule has 0 atom stereocenters. The number of rotatable bonds is 0. The van der Waals surface area contributed by atoms with E-state index in [4.69, 9.17) is 0 Å². The molecule has 3 aliphatic rings. The minimum atomic E-state index is 0.0185. The molecule has 2 bridgehead atoms. The fourth-order valence-corrected chi connectivity index (χ4v) is 2.48. The topological polar surface area (TPSA) is 6.48 Å². The summed E-state index contributed by atoms with van der Waals surface area (Å²) < 4.78 is 4.81. The second-order valence-electron chi connectivity index (χ2n) is 1.31. The van der Waals surface area contributed by atoms with Crippen LogP contribution in [0.4, 0.5) is 0 Å². The first-order valence-corrected chi connectivity index (χ1v) is 3.99. The van der Waals surface area contributed by atoms with E-state index in [-0.39, 0.29) is 45.5 Å². The standard InChI is InChI=1S/C3H4N2.Eu/c1-2-5-3-4-1;/h1-2H,3H2;/q-2;+2. The van der Waals surface area contributed by atoms with Crippen LogP contribution in [0.5, 0.6) is 0 Å². The maximum atomic E-state index is 2.40. The summed E-state index contributed by atoms with van der Waals surface area (Å²) in [7, 11) is 0. The van der Waals surface area contributed by atoms with E-state index < -0.39 is 0 Å². The molecule has 0 radical (unpaired) electrons. The Morgan fingerprint density at radius 3 is 2.00 bits per heavy atom. The molecule has 0 amide bonds. The summed E-state index contributed by atoms with van der Waals surface area (Å²) in [6.45, 7) is 1.21. The zero-order chi connectivity index (χ0) is 3.98. The van der Waals surface area contributed by atoms with Crippen molar-refractivity contribution in [3.63, 3.8) is 0 Å². The number of nitrogens with zero attached hydrogens (tertiary/aromatic N) is 2. The molecule has 0 aromatic carbocycles. The van der Waals surface area contributed by atoms with Crippen molar-refractivity contribution in [3.8, 4) is 0 Å². The molecule has 0 aromatic heterocycles. The molecule has 0 saturated carbocycles. The third-order valence-electron chi connectivity index (χ3n) is 0.855. The van der Waals surface area contributed by atoms with E-state index in [1.54, 1.807) is 0 Å².